The molecule has 0 radical (unpaired) electrons. The number of pyridine rings is 1. The molecule has 0 aliphatic heterocycles. The van der Waals surface area contributed by atoms with E-state index in [1.165, 1.54) is 0 Å². The van der Waals surface area contributed by atoms with Crippen molar-refractivity contribution in [3.8, 4) is 11.5 Å². The van der Waals surface area contributed by atoms with Crippen LogP contribution in [0.15, 0.2) is 59.4 Å². The third-order valence-corrected chi connectivity index (χ3v) is 3.05. The van der Waals surface area contributed by atoms with Crippen LogP contribution in [0.5, 0.6) is 11.5 Å². The normalized spacial score (nSPS) is 11.0. The monoisotopic (exact) mass is 287 g/mol. The number of aromatic amines is 1. The quantitative estimate of drug-likeness (QED) is 0.782. The highest BCUT2D eigenvalue weighted by Gasteiger charge is 2.13. The molecule has 0 aliphatic rings. The summed E-state index contributed by atoms with van der Waals surface area (Å²) in [5, 5.41) is 0.313. The molecule has 1 N–H and O–H groups in total. The van der Waals surface area contributed by atoms with Crippen LogP contribution in [0.1, 0.15) is 12.1 Å². The molecule has 0 amide bonds. The van der Waals surface area contributed by atoms with Gasteiger partial charge in [-0.3, -0.25) is 4.79 Å². The van der Waals surface area contributed by atoms with Gasteiger partial charge in [-0.1, -0.05) is 24.3 Å². The Bertz CT molecular complexity index is 829. The first-order valence-corrected chi connectivity index (χ1v) is 6.32. The van der Waals surface area contributed by atoms with Crippen molar-refractivity contribution in [1.82, 2.24) is 4.98 Å². The lowest BCUT2D eigenvalue weighted by Crippen LogP contribution is -2.06. The van der Waals surface area contributed by atoms with E-state index >= 15 is 0 Å². The van der Waals surface area contributed by atoms with Gasteiger partial charge in [0.05, 0.1) is 11.2 Å². The van der Waals surface area contributed by atoms with E-state index in [-0.39, 0.29) is 5.52 Å². The fourth-order valence-electron chi connectivity index (χ4n) is 2.08. The number of hydrogen-bond donors (Lipinski definition) is 1. The van der Waals surface area contributed by atoms with E-state index in [4.69, 9.17) is 4.74 Å². The fraction of sp³-hybridized carbons (Fsp3) is 0.0625. The second-order valence-corrected chi connectivity index (χ2v) is 4.48. The Morgan fingerprint density at radius 1 is 1.00 bits per heavy atom. The molecule has 3 aromatic rings. The molecule has 0 bridgehead atoms. The van der Waals surface area contributed by atoms with Gasteiger partial charge in [0.25, 0.3) is 6.43 Å². The van der Waals surface area contributed by atoms with E-state index in [9.17, 15) is 13.6 Å². The van der Waals surface area contributed by atoms with Crippen molar-refractivity contribution in [1.29, 1.82) is 0 Å². The van der Waals surface area contributed by atoms with Gasteiger partial charge in [-0.2, -0.15) is 0 Å². The number of fused-ring (bicyclic) bond motifs is 1. The van der Waals surface area contributed by atoms with E-state index in [2.05, 4.69) is 4.98 Å². The molecule has 106 valence electrons. The van der Waals surface area contributed by atoms with Gasteiger partial charge >= 0.3 is 0 Å². The van der Waals surface area contributed by atoms with Gasteiger partial charge in [0, 0.05) is 11.5 Å². The van der Waals surface area contributed by atoms with Gasteiger partial charge in [-0.15, -0.1) is 0 Å². The number of rotatable bonds is 3. The minimum absolute atomic E-state index is 0.268. The minimum atomic E-state index is -2.74. The van der Waals surface area contributed by atoms with Crippen LogP contribution >= 0.6 is 0 Å². The summed E-state index contributed by atoms with van der Waals surface area (Å²) in [5.41, 5.74) is -0.613. The number of aromatic nitrogens is 1. The second-order valence-electron chi connectivity index (χ2n) is 4.48. The molecule has 0 atom stereocenters. The van der Waals surface area contributed by atoms with Crippen LogP contribution < -0.4 is 10.2 Å². The molecular formula is C16H11F2NO2. The zero-order chi connectivity index (χ0) is 14.8. The summed E-state index contributed by atoms with van der Waals surface area (Å²) in [7, 11) is 0. The highest BCUT2D eigenvalue weighted by molar-refractivity contribution is 5.84. The van der Waals surface area contributed by atoms with Crippen LogP contribution in [0.25, 0.3) is 10.9 Å². The second kappa shape index (κ2) is 5.36. The van der Waals surface area contributed by atoms with E-state index in [0.29, 0.717) is 16.9 Å². The molecule has 0 fully saturated rings. The van der Waals surface area contributed by atoms with Crippen molar-refractivity contribution >= 4 is 10.9 Å². The average Bonchev–Trinajstić information content (AvgIpc) is 2.49. The van der Waals surface area contributed by atoms with Crippen LogP contribution in [0.3, 0.4) is 0 Å². The number of nitrogens with one attached hydrogen (secondary N) is 1. The van der Waals surface area contributed by atoms with Crippen molar-refractivity contribution in [2.45, 2.75) is 6.43 Å². The molecule has 0 saturated heterocycles. The highest BCUT2D eigenvalue weighted by Crippen LogP contribution is 2.28. The maximum Gasteiger partial charge on any atom is 0.278 e. The van der Waals surface area contributed by atoms with Crippen LogP contribution in [-0.2, 0) is 0 Å². The number of benzene rings is 2. The molecule has 3 nitrogen and oxygen atoms in total. The lowest BCUT2D eigenvalue weighted by molar-refractivity contribution is 0.146. The third-order valence-electron chi connectivity index (χ3n) is 3.05. The Balaban J connectivity index is 2.16. The average molecular weight is 287 g/mol. The number of ether oxygens (including phenoxy) is 1. The molecule has 1 aromatic heterocycles. The molecule has 0 unspecified atom stereocenters. The summed E-state index contributed by atoms with van der Waals surface area (Å²) in [6.45, 7) is 0. The van der Waals surface area contributed by atoms with E-state index in [1.807, 2.05) is 6.07 Å². The zero-order valence-corrected chi connectivity index (χ0v) is 10.8. The summed E-state index contributed by atoms with van der Waals surface area (Å²) in [6, 6.07) is 14.7. The summed E-state index contributed by atoms with van der Waals surface area (Å²) in [4.78, 5) is 14.5. The SMILES string of the molecule is O=c1cc(C(F)F)[nH]c2c(Oc3ccccc3)cccc12. The summed E-state index contributed by atoms with van der Waals surface area (Å²) in [6.07, 6.45) is -2.74. The van der Waals surface area contributed by atoms with E-state index in [1.54, 1.807) is 42.5 Å². The van der Waals surface area contributed by atoms with Crippen LogP contribution in [0.2, 0.25) is 0 Å². The van der Waals surface area contributed by atoms with Crippen molar-refractivity contribution < 1.29 is 13.5 Å². The molecular weight excluding hydrogens is 276 g/mol. The first-order chi connectivity index (χ1) is 10.1. The van der Waals surface area contributed by atoms with Gasteiger partial charge < -0.3 is 9.72 Å². The predicted octanol–water partition coefficient (Wildman–Crippen LogP) is 4.26. The standard InChI is InChI=1S/C16H11F2NO2/c17-16(18)12-9-13(20)11-7-4-8-14(15(11)19-12)21-10-5-2-1-3-6-10/h1-9,16H,(H,19,20). The Morgan fingerprint density at radius 3 is 2.48 bits per heavy atom. The minimum Gasteiger partial charge on any atom is -0.455 e. The van der Waals surface area contributed by atoms with Gasteiger partial charge in [0.15, 0.2) is 11.2 Å². The first kappa shape index (κ1) is 13.3. The first-order valence-electron chi connectivity index (χ1n) is 6.32. The number of alkyl halides is 2. The number of halogens is 2. The molecule has 1 heterocycles. The number of hydrogen-bond acceptors (Lipinski definition) is 2. The van der Waals surface area contributed by atoms with Gasteiger partial charge in [0.1, 0.15) is 5.75 Å². The Hall–Kier alpha value is -2.69. The molecule has 21 heavy (non-hydrogen) atoms. The number of para-hydroxylation sites is 2. The van der Waals surface area contributed by atoms with Crippen molar-refractivity contribution in [2.24, 2.45) is 0 Å². The molecule has 0 aliphatic carbocycles. The third kappa shape index (κ3) is 2.63. The van der Waals surface area contributed by atoms with Crippen molar-refractivity contribution in [2.75, 3.05) is 0 Å². The highest BCUT2D eigenvalue weighted by atomic mass is 19.3. The van der Waals surface area contributed by atoms with Crippen molar-refractivity contribution in [3.63, 3.8) is 0 Å². The summed E-state index contributed by atoms with van der Waals surface area (Å²) < 4.78 is 31.3. The predicted molar refractivity (Wildman–Crippen MR) is 76.0 cm³/mol. The number of H-pyrrole nitrogens is 1. The van der Waals surface area contributed by atoms with Crippen molar-refractivity contribution in [3.05, 3.63) is 70.5 Å². The maximum absolute atomic E-state index is 12.8. The zero-order valence-electron chi connectivity index (χ0n) is 10.8. The lowest BCUT2D eigenvalue weighted by Gasteiger charge is -2.10. The van der Waals surface area contributed by atoms with Gasteiger partial charge in [0.2, 0.25) is 0 Å². The lowest BCUT2D eigenvalue weighted by atomic mass is 10.2. The van der Waals surface area contributed by atoms with Gasteiger partial charge in [-0.05, 0) is 24.3 Å². The van der Waals surface area contributed by atoms with Gasteiger partial charge in [-0.25, -0.2) is 8.78 Å². The Morgan fingerprint density at radius 2 is 1.76 bits per heavy atom. The summed E-state index contributed by atoms with van der Waals surface area (Å²) >= 11 is 0. The molecule has 5 heteroatoms. The largest absolute Gasteiger partial charge is 0.455 e. The summed E-state index contributed by atoms with van der Waals surface area (Å²) in [5.74, 6) is 0.895. The topological polar surface area (TPSA) is 42.1 Å². The van der Waals surface area contributed by atoms with E-state index < -0.39 is 17.5 Å². The van der Waals surface area contributed by atoms with E-state index in [0.717, 1.165) is 6.07 Å². The smallest absolute Gasteiger partial charge is 0.278 e. The Labute approximate surface area is 118 Å². The van der Waals surface area contributed by atoms with Crippen LogP contribution in [0, 0.1) is 0 Å². The Kier molecular flexibility index (Phi) is 3.39. The maximum atomic E-state index is 12.8. The molecule has 3 rings (SSSR count). The van der Waals surface area contributed by atoms with Crippen LogP contribution in [0.4, 0.5) is 8.78 Å². The molecule has 0 saturated carbocycles. The van der Waals surface area contributed by atoms with Crippen LogP contribution in [-0.4, -0.2) is 4.98 Å². The fourth-order valence-corrected chi connectivity index (χ4v) is 2.08. The molecule has 2 aromatic carbocycles. The molecule has 0 spiro atoms.